The molecule has 6 heteroatoms. The van der Waals surface area contributed by atoms with Crippen LogP contribution in [0, 0.1) is 0 Å². The molecule has 0 saturated carbocycles. The first-order valence-corrected chi connectivity index (χ1v) is 6.36. The Morgan fingerprint density at radius 3 is 2.53 bits per heavy atom. The number of likely N-dealkylation sites (N-methyl/N-ethyl adjacent to an activating group) is 1. The Morgan fingerprint density at radius 1 is 1.42 bits per heavy atom. The van der Waals surface area contributed by atoms with Crippen molar-refractivity contribution in [1.29, 1.82) is 0 Å². The van der Waals surface area contributed by atoms with Gasteiger partial charge >= 0.3 is 5.97 Å². The molecule has 1 aliphatic heterocycles. The van der Waals surface area contributed by atoms with E-state index in [1.165, 1.54) is 6.07 Å². The molecule has 104 valence electrons. The second kappa shape index (κ2) is 5.05. The van der Waals surface area contributed by atoms with E-state index >= 15 is 0 Å². The van der Waals surface area contributed by atoms with Crippen LogP contribution in [0.2, 0.25) is 0 Å². The summed E-state index contributed by atoms with van der Waals surface area (Å²) in [6.07, 6.45) is 1.56. The zero-order valence-corrected chi connectivity index (χ0v) is 11.5. The summed E-state index contributed by atoms with van der Waals surface area (Å²) in [5.41, 5.74) is 6.44. The molecule has 1 aromatic heterocycles. The summed E-state index contributed by atoms with van der Waals surface area (Å²) in [5.74, 6) is -0.736. The number of hydrogen-bond donors (Lipinski definition) is 2. The molecule has 6 nitrogen and oxygen atoms in total. The predicted octanol–water partition coefficient (Wildman–Crippen LogP) is 0.891. The number of aromatic carboxylic acids is 1. The highest BCUT2D eigenvalue weighted by molar-refractivity contribution is 5.95. The number of carboxylic acid groups (broad SMARTS) is 1. The van der Waals surface area contributed by atoms with Crippen molar-refractivity contribution >= 4 is 17.5 Å². The normalized spacial score (nSPS) is 24.5. The molecule has 2 unspecified atom stereocenters. The van der Waals surface area contributed by atoms with Gasteiger partial charge in [-0.2, -0.15) is 0 Å². The van der Waals surface area contributed by atoms with Gasteiger partial charge in [-0.25, -0.2) is 9.78 Å². The number of rotatable bonds is 2. The third-order valence-corrected chi connectivity index (χ3v) is 3.83. The summed E-state index contributed by atoms with van der Waals surface area (Å²) in [6, 6.07) is 2.15. The van der Waals surface area contributed by atoms with Gasteiger partial charge in [-0.3, -0.25) is 4.90 Å². The molecular formula is C13H20N4O2. The van der Waals surface area contributed by atoms with E-state index in [2.05, 4.69) is 35.7 Å². The summed E-state index contributed by atoms with van der Waals surface area (Å²) < 4.78 is 0. The molecular weight excluding hydrogens is 244 g/mol. The van der Waals surface area contributed by atoms with Crippen molar-refractivity contribution in [3.05, 3.63) is 17.8 Å². The summed E-state index contributed by atoms with van der Waals surface area (Å²) in [6.45, 7) is 5.83. The van der Waals surface area contributed by atoms with Gasteiger partial charge in [0.1, 0.15) is 5.82 Å². The highest BCUT2D eigenvalue weighted by Gasteiger charge is 2.28. The molecule has 0 amide bonds. The van der Waals surface area contributed by atoms with Gasteiger partial charge in [-0.1, -0.05) is 0 Å². The molecule has 1 saturated heterocycles. The monoisotopic (exact) mass is 264 g/mol. The Labute approximate surface area is 112 Å². The fraction of sp³-hybridized carbons (Fsp3) is 0.538. The largest absolute Gasteiger partial charge is 0.478 e. The Hall–Kier alpha value is -1.82. The molecule has 2 atom stereocenters. The lowest BCUT2D eigenvalue weighted by Crippen LogP contribution is -2.55. The molecule has 3 N–H and O–H groups in total. The van der Waals surface area contributed by atoms with Gasteiger partial charge in [0.15, 0.2) is 0 Å². The fourth-order valence-electron chi connectivity index (χ4n) is 2.49. The van der Waals surface area contributed by atoms with Crippen molar-refractivity contribution in [2.45, 2.75) is 25.9 Å². The highest BCUT2D eigenvalue weighted by Crippen LogP contribution is 2.25. The maximum Gasteiger partial charge on any atom is 0.338 e. The van der Waals surface area contributed by atoms with E-state index in [0.29, 0.717) is 17.8 Å². The van der Waals surface area contributed by atoms with Gasteiger partial charge in [-0.15, -0.1) is 0 Å². The zero-order chi connectivity index (χ0) is 14.2. The lowest BCUT2D eigenvalue weighted by Gasteiger charge is -2.43. The lowest BCUT2D eigenvalue weighted by atomic mass is 10.1. The van der Waals surface area contributed by atoms with Crippen LogP contribution in [0.4, 0.5) is 11.5 Å². The van der Waals surface area contributed by atoms with E-state index in [4.69, 9.17) is 5.73 Å². The SMILES string of the molecule is CC1CN(c2cnc(N)cc2C(=O)O)CC(C)N1C. The van der Waals surface area contributed by atoms with Gasteiger partial charge in [0.2, 0.25) is 0 Å². The van der Waals surface area contributed by atoms with Crippen LogP contribution in [0.5, 0.6) is 0 Å². The third-order valence-electron chi connectivity index (χ3n) is 3.83. The Morgan fingerprint density at radius 2 is 2.00 bits per heavy atom. The smallest absolute Gasteiger partial charge is 0.338 e. The lowest BCUT2D eigenvalue weighted by molar-refractivity contribution is 0.0697. The van der Waals surface area contributed by atoms with Crippen molar-refractivity contribution in [3.8, 4) is 0 Å². The molecule has 1 aromatic rings. The first-order chi connectivity index (χ1) is 8.90. The molecule has 0 aliphatic carbocycles. The maximum atomic E-state index is 11.3. The second-order valence-electron chi connectivity index (χ2n) is 5.20. The van der Waals surface area contributed by atoms with Gasteiger partial charge in [0.05, 0.1) is 17.4 Å². The molecule has 0 bridgehead atoms. The summed E-state index contributed by atoms with van der Waals surface area (Å²) in [5, 5.41) is 9.28. The standard InChI is InChI=1S/C13H20N4O2/c1-8-6-17(7-9(2)16(8)3)11-5-15-12(14)4-10(11)13(18)19/h4-5,8-9H,6-7H2,1-3H3,(H2,14,15)(H,18,19). The average Bonchev–Trinajstić information content (AvgIpc) is 2.35. The van der Waals surface area contributed by atoms with Crippen LogP contribution < -0.4 is 10.6 Å². The summed E-state index contributed by atoms with van der Waals surface area (Å²) in [4.78, 5) is 19.7. The molecule has 0 aromatic carbocycles. The first-order valence-electron chi connectivity index (χ1n) is 6.36. The summed E-state index contributed by atoms with van der Waals surface area (Å²) >= 11 is 0. The predicted molar refractivity (Wildman–Crippen MR) is 74.5 cm³/mol. The Balaban J connectivity index is 2.34. The fourth-order valence-corrected chi connectivity index (χ4v) is 2.49. The number of piperazine rings is 1. The average molecular weight is 264 g/mol. The molecule has 2 heterocycles. The van der Waals surface area contributed by atoms with Crippen LogP contribution in [0.1, 0.15) is 24.2 Å². The molecule has 0 radical (unpaired) electrons. The van der Waals surface area contributed by atoms with Crippen LogP contribution in [-0.4, -0.2) is 53.2 Å². The number of nitrogens with two attached hydrogens (primary N) is 1. The van der Waals surface area contributed by atoms with E-state index in [1.807, 2.05) is 0 Å². The second-order valence-corrected chi connectivity index (χ2v) is 5.20. The number of carbonyl (C=O) groups is 1. The van der Waals surface area contributed by atoms with Crippen LogP contribution in [0.25, 0.3) is 0 Å². The van der Waals surface area contributed by atoms with Gasteiger partial charge < -0.3 is 15.7 Å². The van der Waals surface area contributed by atoms with E-state index in [1.54, 1.807) is 6.20 Å². The van der Waals surface area contributed by atoms with Gasteiger partial charge in [-0.05, 0) is 27.0 Å². The summed E-state index contributed by atoms with van der Waals surface area (Å²) in [7, 11) is 2.09. The minimum atomic E-state index is -0.969. The van der Waals surface area contributed by atoms with Crippen molar-refractivity contribution < 1.29 is 9.90 Å². The number of carboxylic acids is 1. The van der Waals surface area contributed by atoms with E-state index in [0.717, 1.165) is 13.1 Å². The Kier molecular flexibility index (Phi) is 3.61. The van der Waals surface area contributed by atoms with Crippen LogP contribution in [0.3, 0.4) is 0 Å². The van der Waals surface area contributed by atoms with E-state index in [-0.39, 0.29) is 11.4 Å². The molecule has 19 heavy (non-hydrogen) atoms. The number of hydrogen-bond acceptors (Lipinski definition) is 5. The number of nitrogen functional groups attached to an aromatic ring is 1. The number of aromatic nitrogens is 1. The van der Waals surface area contributed by atoms with Crippen molar-refractivity contribution in [2.75, 3.05) is 30.8 Å². The number of anilines is 2. The molecule has 2 rings (SSSR count). The number of pyridine rings is 1. The molecule has 1 fully saturated rings. The molecule has 0 spiro atoms. The van der Waals surface area contributed by atoms with Crippen molar-refractivity contribution in [2.24, 2.45) is 0 Å². The van der Waals surface area contributed by atoms with Crippen LogP contribution >= 0.6 is 0 Å². The van der Waals surface area contributed by atoms with E-state index in [9.17, 15) is 9.90 Å². The minimum Gasteiger partial charge on any atom is -0.478 e. The third kappa shape index (κ3) is 2.63. The highest BCUT2D eigenvalue weighted by atomic mass is 16.4. The molecule has 1 aliphatic rings. The van der Waals surface area contributed by atoms with Crippen LogP contribution in [-0.2, 0) is 0 Å². The zero-order valence-electron chi connectivity index (χ0n) is 11.5. The Bertz CT molecular complexity index is 480. The van der Waals surface area contributed by atoms with Gasteiger partial charge in [0, 0.05) is 25.2 Å². The quantitative estimate of drug-likeness (QED) is 0.825. The maximum absolute atomic E-state index is 11.3. The van der Waals surface area contributed by atoms with Crippen LogP contribution in [0.15, 0.2) is 12.3 Å². The van der Waals surface area contributed by atoms with Crippen molar-refractivity contribution in [1.82, 2.24) is 9.88 Å². The van der Waals surface area contributed by atoms with Gasteiger partial charge in [0.25, 0.3) is 0 Å². The first kappa shape index (κ1) is 13.6. The topological polar surface area (TPSA) is 82.7 Å². The number of nitrogens with zero attached hydrogens (tertiary/aromatic N) is 3. The van der Waals surface area contributed by atoms with Crippen molar-refractivity contribution in [3.63, 3.8) is 0 Å². The minimum absolute atomic E-state index is 0.219. The van der Waals surface area contributed by atoms with E-state index < -0.39 is 5.97 Å².